The lowest BCUT2D eigenvalue weighted by Crippen LogP contribution is -2.06. The topological polar surface area (TPSA) is 52.6 Å². The number of esters is 2. The molecule has 0 radical (unpaired) electrons. The lowest BCUT2D eigenvalue weighted by atomic mass is 9.96. The van der Waals surface area contributed by atoms with E-state index in [1.165, 1.54) is 0 Å². The first-order valence-electron chi connectivity index (χ1n) is 5.03. The first-order chi connectivity index (χ1) is 7.70. The molecule has 0 amide bonds. The Morgan fingerprint density at radius 1 is 1.44 bits per heavy atom. The molecule has 0 N–H and O–H groups in total. The summed E-state index contributed by atoms with van der Waals surface area (Å²) in [6, 6.07) is 7.45. The van der Waals surface area contributed by atoms with Gasteiger partial charge in [-0.25, -0.2) is 0 Å². The number of rotatable bonds is 3. The summed E-state index contributed by atoms with van der Waals surface area (Å²) >= 11 is 0. The van der Waals surface area contributed by atoms with Gasteiger partial charge in [0.05, 0.1) is 18.9 Å². The van der Waals surface area contributed by atoms with E-state index < -0.39 is 17.9 Å². The lowest BCUT2D eigenvalue weighted by Gasteiger charge is -2.07. The van der Waals surface area contributed by atoms with Gasteiger partial charge in [-0.1, -0.05) is 24.3 Å². The number of benzene rings is 1. The third kappa shape index (κ3) is 2.12. The minimum Gasteiger partial charge on any atom is -0.393 e. The molecule has 0 aliphatic carbocycles. The third-order valence-electron chi connectivity index (χ3n) is 2.53. The molecule has 4 heteroatoms. The highest BCUT2D eigenvalue weighted by Gasteiger charge is 2.34. The van der Waals surface area contributed by atoms with Gasteiger partial charge < -0.3 is 9.47 Å². The summed E-state index contributed by atoms with van der Waals surface area (Å²) < 4.78 is 9.53. The molecule has 0 spiro atoms. The normalized spacial score (nSPS) is 19.9. The molecule has 4 nitrogen and oxygen atoms in total. The molecule has 16 heavy (non-hydrogen) atoms. The Balaban J connectivity index is 2.23. The van der Waals surface area contributed by atoms with Crippen LogP contribution in [0.1, 0.15) is 23.5 Å². The molecule has 1 atom stereocenters. The molecule has 1 unspecified atom stereocenters. The second-order valence-electron chi connectivity index (χ2n) is 3.73. The van der Waals surface area contributed by atoms with Gasteiger partial charge in [-0.05, 0) is 11.1 Å². The highest BCUT2D eigenvalue weighted by Crippen LogP contribution is 2.27. The first kappa shape index (κ1) is 10.8. The van der Waals surface area contributed by atoms with Crippen molar-refractivity contribution in [3.05, 3.63) is 35.4 Å². The molecule has 84 valence electrons. The average Bonchev–Trinajstić information content (AvgIpc) is 2.59. The van der Waals surface area contributed by atoms with Crippen molar-refractivity contribution in [3.63, 3.8) is 0 Å². The zero-order chi connectivity index (χ0) is 11.5. The second-order valence-corrected chi connectivity index (χ2v) is 3.73. The van der Waals surface area contributed by atoms with Gasteiger partial charge in [0.25, 0.3) is 0 Å². The summed E-state index contributed by atoms with van der Waals surface area (Å²) in [5.74, 6) is -1.36. The second kappa shape index (κ2) is 4.45. The number of carbonyl (C=O) groups is 2. The van der Waals surface area contributed by atoms with Crippen molar-refractivity contribution in [2.24, 2.45) is 0 Å². The van der Waals surface area contributed by atoms with Gasteiger partial charge in [0.2, 0.25) is 0 Å². The lowest BCUT2D eigenvalue weighted by molar-refractivity contribution is -0.152. The Morgan fingerprint density at radius 3 is 2.88 bits per heavy atom. The highest BCUT2D eigenvalue weighted by atomic mass is 16.6. The molecule has 2 rings (SSSR count). The molecule has 1 aliphatic rings. The Labute approximate surface area is 93.2 Å². The van der Waals surface area contributed by atoms with Crippen LogP contribution < -0.4 is 0 Å². The van der Waals surface area contributed by atoms with E-state index in [9.17, 15) is 9.59 Å². The smallest absolute Gasteiger partial charge is 0.321 e. The van der Waals surface area contributed by atoms with Crippen molar-refractivity contribution in [2.75, 3.05) is 7.11 Å². The van der Waals surface area contributed by atoms with E-state index >= 15 is 0 Å². The quantitative estimate of drug-likeness (QED) is 0.570. The number of hydrogen-bond donors (Lipinski definition) is 0. The summed E-state index contributed by atoms with van der Waals surface area (Å²) in [6.45, 7) is 0.490. The van der Waals surface area contributed by atoms with Crippen LogP contribution in [-0.2, 0) is 25.7 Å². The fraction of sp³-hybridized carbons (Fsp3) is 0.333. The van der Waals surface area contributed by atoms with Crippen LogP contribution in [0.25, 0.3) is 0 Å². The van der Waals surface area contributed by atoms with Gasteiger partial charge in [-0.3, -0.25) is 9.59 Å². The number of carbonyl (C=O) groups excluding carboxylic acids is 2. The van der Waals surface area contributed by atoms with E-state index in [1.807, 2.05) is 24.3 Å². The molecule has 1 aliphatic heterocycles. The molecular formula is C12H12O4. The SMILES string of the molecule is COCc1cccc(C2CC(=O)OC2=O)c1. The van der Waals surface area contributed by atoms with Crippen molar-refractivity contribution in [3.8, 4) is 0 Å². The molecule has 1 aromatic rings. The monoisotopic (exact) mass is 220 g/mol. The predicted molar refractivity (Wildman–Crippen MR) is 55.6 cm³/mol. The van der Waals surface area contributed by atoms with E-state index in [0.29, 0.717) is 6.61 Å². The van der Waals surface area contributed by atoms with Crippen LogP contribution in [-0.4, -0.2) is 19.0 Å². The zero-order valence-corrected chi connectivity index (χ0v) is 8.93. The van der Waals surface area contributed by atoms with Crippen molar-refractivity contribution in [1.29, 1.82) is 0 Å². The molecule has 0 saturated carbocycles. The van der Waals surface area contributed by atoms with Crippen LogP contribution in [0, 0.1) is 0 Å². The number of cyclic esters (lactones) is 2. The van der Waals surface area contributed by atoms with Crippen molar-refractivity contribution in [1.82, 2.24) is 0 Å². The van der Waals surface area contributed by atoms with Gasteiger partial charge in [0.15, 0.2) is 0 Å². The van der Waals surface area contributed by atoms with Gasteiger partial charge in [-0.15, -0.1) is 0 Å². The fourth-order valence-electron chi connectivity index (χ4n) is 1.80. The minimum atomic E-state index is -0.459. The molecule has 0 aromatic heterocycles. The van der Waals surface area contributed by atoms with Crippen LogP contribution in [0.5, 0.6) is 0 Å². The van der Waals surface area contributed by atoms with Gasteiger partial charge in [0, 0.05) is 7.11 Å². The van der Waals surface area contributed by atoms with Crippen LogP contribution in [0.2, 0.25) is 0 Å². The summed E-state index contributed by atoms with van der Waals surface area (Å²) in [4.78, 5) is 22.4. The molecular weight excluding hydrogens is 208 g/mol. The number of hydrogen-bond acceptors (Lipinski definition) is 4. The third-order valence-corrected chi connectivity index (χ3v) is 2.53. The van der Waals surface area contributed by atoms with Crippen molar-refractivity contribution < 1.29 is 19.1 Å². The average molecular weight is 220 g/mol. The van der Waals surface area contributed by atoms with Gasteiger partial charge in [0.1, 0.15) is 0 Å². The summed E-state index contributed by atoms with van der Waals surface area (Å²) in [5, 5.41) is 0. The molecule has 1 aromatic carbocycles. The Hall–Kier alpha value is -1.68. The Bertz CT molecular complexity index is 425. The van der Waals surface area contributed by atoms with E-state index in [2.05, 4.69) is 4.74 Å². The summed E-state index contributed by atoms with van der Waals surface area (Å²) in [7, 11) is 1.61. The van der Waals surface area contributed by atoms with Crippen molar-refractivity contribution in [2.45, 2.75) is 18.9 Å². The van der Waals surface area contributed by atoms with Crippen LogP contribution in [0.4, 0.5) is 0 Å². The largest absolute Gasteiger partial charge is 0.393 e. The molecule has 1 fully saturated rings. The number of methoxy groups -OCH3 is 1. The fourth-order valence-corrected chi connectivity index (χ4v) is 1.80. The van der Waals surface area contributed by atoms with Gasteiger partial charge >= 0.3 is 11.9 Å². The zero-order valence-electron chi connectivity index (χ0n) is 8.93. The highest BCUT2D eigenvalue weighted by molar-refractivity contribution is 5.97. The first-order valence-corrected chi connectivity index (χ1v) is 5.03. The Kier molecular flexibility index (Phi) is 3.01. The maximum Gasteiger partial charge on any atom is 0.321 e. The Morgan fingerprint density at radius 2 is 2.25 bits per heavy atom. The minimum absolute atomic E-state index is 0.134. The van der Waals surface area contributed by atoms with Crippen LogP contribution in [0.15, 0.2) is 24.3 Å². The molecule has 1 heterocycles. The van der Waals surface area contributed by atoms with Crippen LogP contribution in [0.3, 0.4) is 0 Å². The maximum absolute atomic E-state index is 11.4. The van der Waals surface area contributed by atoms with E-state index in [-0.39, 0.29) is 6.42 Å². The van der Waals surface area contributed by atoms with E-state index in [0.717, 1.165) is 11.1 Å². The maximum atomic E-state index is 11.4. The summed E-state index contributed by atoms with van der Waals surface area (Å²) in [5.41, 5.74) is 1.79. The van der Waals surface area contributed by atoms with Crippen molar-refractivity contribution >= 4 is 11.9 Å². The van der Waals surface area contributed by atoms with Crippen LogP contribution >= 0.6 is 0 Å². The standard InChI is InChI=1S/C12H12O4/c1-15-7-8-3-2-4-9(5-8)10-6-11(13)16-12(10)14/h2-5,10H,6-7H2,1H3. The molecule has 1 saturated heterocycles. The van der Waals surface area contributed by atoms with E-state index in [1.54, 1.807) is 7.11 Å². The van der Waals surface area contributed by atoms with Gasteiger partial charge in [-0.2, -0.15) is 0 Å². The number of ether oxygens (including phenoxy) is 2. The summed E-state index contributed by atoms with van der Waals surface area (Å²) in [6.07, 6.45) is 0.134. The predicted octanol–water partition coefficient (Wildman–Crippen LogP) is 1.39. The van der Waals surface area contributed by atoms with E-state index in [4.69, 9.17) is 4.74 Å². The molecule has 0 bridgehead atoms.